The maximum Gasteiger partial charge on any atom is 0.253 e. The zero-order chi connectivity index (χ0) is 51.7. The predicted molar refractivity (Wildman–Crippen MR) is 248 cm³/mol. The molecule has 0 saturated carbocycles. The highest BCUT2D eigenvalue weighted by Crippen LogP contribution is 2.48. The van der Waals surface area contributed by atoms with Crippen molar-refractivity contribution in [3.8, 4) is 17.2 Å². The standard InChI is InChI=1S/C47H58N8O16/c1-51-45(50)54-18-27-24(12-21(4-3-11-56)23-5-6-31(48)53-17-23)13-26-36(39(27)61)40(62)37-30(15-29(69-2)28(20-57)35(37)38(26)60)70-43-41(63)42(64)46(67,47(68,71-43)44(65)66)16-25(22-9-10-52-32(49)14-22)19-55-33(58)7-8-34(55)59/h5-9,13-15,17,21,25,31,41-44,52-53,56-57,61,63-68H,3-4,10-12,16,18-20,48-49H2,1-2H3,(H3,50,51,54)/t21-,25+,31?,41+,42+,43+,46-,47+/m0/s1. The van der Waals surface area contributed by atoms with Crippen LogP contribution in [-0.2, 0) is 33.9 Å². The minimum absolute atomic E-state index is 0.0354. The SMILES string of the molecule is CN=C(N)NCc1c(C[C@H](CCCO)C2=CNC(N)C=C2)cc2c(c1O)C(=O)c1c(O[C@@H]3O[C@](O)(C(O)O)[C@](O)(C[C@H](CN4C(=O)C=CC4=O)C4=CCNC(N)=C4)[C@H](O)[C@H]3O)cc(OC)c(CO)c1C2=O. The minimum Gasteiger partial charge on any atom is -0.507 e. The van der Waals surface area contributed by atoms with Crippen molar-refractivity contribution in [1.82, 2.24) is 20.9 Å². The lowest BCUT2D eigenvalue weighted by molar-refractivity contribution is -0.456. The van der Waals surface area contributed by atoms with Crippen LogP contribution < -0.4 is 42.6 Å². The first-order chi connectivity index (χ1) is 33.7. The Morgan fingerprint density at radius 2 is 1.72 bits per heavy atom. The number of nitrogens with one attached hydrogen (secondary N) is 3. The van der Waals surface area contributed by atoms with Crippen LogP contribution >= 0.6 is 0 Å². The van der Waals surface area contributed by atoms with Crippen LogP contribution in [0.25, 0.3) is 0 Å². The largest absolute Gasteiger partial charge is 0.507 e. The van der Waals surface area contributed by atoms with E-state index in [0.29, 0.717) is 18.4 Å². The number of amides is 2. The summed E-state index contributed by atoms with van der Waals surface area (Å²) in [6.45, 7) is -1.61. The molecule has 8 atom stereocenters. The second-order valence-corrected chi connectivity index (χ2v) is 17.6. The Kier molecular flexibility index (Phi) is 15.4. The van der Waals surface area contributed by atoms with Crippen molar-refractivity contribution in [2.24, 2.45) is 34.0 Å². The molecule has 0 radical (unpaired) electrons. The van der Waals surface area contributed by atoms with Gasteiger partial charge in [0.2, 0.25) is 18.4 Å². The van der Waals surface area contributed by atoms with Crippen molar-refractivity contribution in [3.63, 3.8) is 0 Å². The summed E-state index contributed by atoms with van der Waals surface area (Å²) in [7, 11) is 2.58. The lowest BCUT2D eigenvalue weighted by Crippen LogP contribution is -2.77. The van der Waals surface area contributed by atoms with Crippen LogP contribution in [-0.4, -0.2) is 156 Å². The summed E-state index contributed by atoms with van der Waals surface area (Å²) in [4.78, 5) is 60.0. The van der Waals surface area contributed by atoms with E-state index in [1.54, 1.807) is 18.4 Å². The number of aliphatic imine (C=N–C) groups is 1. The van der Waals surface area contributed by atoms with Gasteiger partial charge in [0.15, 0.2) is 17.3 Å². The molecule has 24 heteroatoms. The molecule has 1 aliphatic carbocycles. The number of aromatic hydroxyl groups is 1. The Hall–Kier alpha value is -6.71. The Bertz CT molecular complexity index is 2650. The van der Waals surface area contributed by atoms with Gasteiger partial charge in [-0.3, -0.25) is 29.1 Å². The van der Waals surface area contributed by atoms with Crippen molar-refractivity contribution in [2.45, 2.75) is 81.2 Å². The van der Waals surface area contributed by atoms with E-state index in [4.69, 9.17) is 31.4 Å². The molecule has 0 aromatic heterocycles. The molecule has 4 aliphatic heterocycles. The molecule has 24 nitrogen and oxygen atoms in total. The Labute approximate surface area is 405 Å². The smallest absolute Gasteiger partial charge is 0.253 e. The highest BCUT2D eigenvalue weighted by atomic mass is 16.8. The van der Waals surface area contributed by atoms with Crippen LogP contribution in [0.1, 0.15) is 67.8 Å². The number of hydrogen-bond acceptors (Lipinski definition) is 21. The van der Waals surface area contributed by atoms with Gasteiger partial charge in [0.1, 0.15) is 29.5 Å². The third-order valence-electron chi connectivity index (χ3n) is 13.3. The average Bonchev–Trinajstić information content (AvgIpc) is 3.66. The fourth-order valence-electron chi connectivity index (χ4n) is 9.53. The van der Waals surface area contributed by atoms with E-state index in [-0.39, 0.29) is 71.8 Å². The third-order valence-corrected chi connectivity index (χ3v) is 13.3. The van der Waals surface area contributed by atoms with Gasteiger partial charge in [-0.25, -0.2) is 0 Å². The number of carbonyl (C=O) groups is 4. The molecule has 1 saturated heterocycles. The lowest BCUT2D eigenvalue weighted by Gasteiger charge is -2.54. The van der Waals surface area contributed by atoms with Crippen molar-refractivity contribution in [2.75, 3.05) is 33.9 Å². The lowest BCUT2D eigenvalue weighted by atomic mass is 9.73. The Balaban J connectivity index is 1.30. The number of hydrogen-bond donors (Lipinski definition) is 15. The Morgan fingerprint density at radius 3 is 2.32 bits per heavy atom. The second kappa shape index (κ2) is 20.9. The number of fused-ring (bicyclic) bond motifs is 2. The number of phenolic OH excluding ortho intramolecular Hbond substituents is 1. The van der Waals surface area contributed by atoms with Gasteiger partial charge in [-0.05, 0) is 66.5 Å². The molecule has 18 N–H and O–H groups in total. The summed E-state index contributed by atoms with van der Waals surface area (Å²) >= 11 is 0. The highest BCUT2D eigenvalue weighted by molar-refractivity contribution is 6.31. The van der Waals surface area contributed by atoms with Crippen molar-refractivity contribution in [1.29, 1.82) is 0 Å². The molecule has 2 aromatic rings. The Morgan fingerprint density at radius 1 is 1.00 bits per heavy atom. The molecule has 382 valence electrons. The summed E-state index contributed by atoms with van der Waals surface area (Å²) in [5, 5.41) is 111. The van der Waals surface area contributed by atoms with Gasteiger partial charge in [0.25, 0.3) is 17.6 Å². The van der Waals surface area contributed by atoms with Gasteiger partial charge in [-0.1, -0.05) is 12.2 Å². The third kappa shape index (κ3) is 9.73. The fraction of sp³-hybridized carbons (Fsp3) is 0.426. The number of aliphatic hydroxyl groups excluding tert-OH is 5. The number of imide groups is 1. The molecule has 1 unspecified atom stereocenters. The van der Waals surface area contributed by atoms with Crippen molar-refractivity contribution >= 4 is 29.3 Å². The molecule has 0 spiro atoms. The van der Waals surface area contributed by atoms with Crippen LogP contribution in [0.2, 0.25) is 0 Å². The molecule has 1 fully saturated rings. The van der Waals surface area contributed by atoms with E-state index in [9.17, 15) is 60.3 Å². The number of ketones is 2. The number of methoxy groups -OCH3 is 1. The first-order valence-corrected chi connectivity index (χ1v) is 22.5. The molecular weight excluding hydrogens is 933 g/mol. The number of phenols is 1. The van der Waals surface area contributed by atoms with E-state index in [1.807, 2.05) is 6.08 Å². The van der Waals surface area contributed by atoms with E-state index < -0.39 is 119 Å². The molecule has 2 amide bonds. The van der Waals surface area contributed by atoms with E-state index in [2.05, 4.69) is 20.9 Å². The van der Waals surface area contributed by atoms with E-state index in [0.717, 1.165) is 35.8 Å². The van der Waals surface area contributed by atoms with Crippen molar-refractivity contribution < 1.29 is 79.3 Å². The van der Waals surface area contributed by atoms with Gasteiger partial charge in [-0.15, -0.1) is 0 Å². The minimum atomic E-state index is -3.68. The van der Waals surface area contributed by atoms with Gasteiger partial charge in [0, 0.05) is 85.9 Å². The number of dihydropyridines is 2. The summed E-state index contributed by atoms with van der Waals surface area (Å²) in [5.74, 6) is -10.2. The topological polar surface area (TPSA) is 408 Å². The maximum absolute atomic E-state index is 15.0. The number of nitrogens with zero attached hydrogens (tertiary/aromatic N) is 2. The van der Waals surface area contributed by atoms with Gasteiger partial charge in [0.05, 0.1) is 36.8 Å². The monoisotopic (exact) mass is 990 g/mol. The molecular formula is C47H58N8O16. The fourth-order valence-corrected chi connectivity index (χ4v) is 9.53. The summed E-state index contributed by atoms with van der Waals surface area (Å²) < 4.78 is 17.1. The second-order valence-electron chi connectivity index (χ2n) is 17.6. The van der Waals surface area contributed by atoms with E-state index >= 15 is 4.79 Å². The zero-order valence-electron chi connectivity index (χ0n) is 38.6. The molecule has 4 heterocycles. The summed E-state index contributed by atoms with van der Waals surface area (Å²) in [5.41, 5.74) is 14.1. The van der Waals surface area contributed by atoms with Gasteiger partial charge < -0.3 is 93.3 Å². The molecule has 7 rings (SSSR count). The van der Waals surface area contributed by atoms with E-state index in [1.165, 1.54) is 19.2 Å². The number of allylic oxidation sites excluding steroid dienone is 3. The quantitative estimate of drug-likeness (QED) is 0.0253. The number of carbonyl (C=O) groups excluding carboxylic acids is 4. The number of guanidine groups is 1. The molecule has 0 bridgehead atoms. The number of benzene rings is 2. The molecule has 2 aromatic carbocycles. The zero-order valence-corrected chi connectivity index (χ0v) is 38.6. The number of aliphatic hydroxyl groups is 8. The first kappa shape index (κ1) is 52.1. The first-order valence-electron chi connectivity index (χ1n) is 22.5. The van der Waals surface area contributed by atoms with Gasteiger partial charge >= 0.3 is 0 Å². The number of nitrogens with two attached hydrogens (primary N) is 3. The molecule has 71 heavy (non-hydrogen) atoms. The van der Waals surface area contributed by atoms with Crippen LogP contribution in [0.3, 0.4) is 0 Å². The van der Waals surface area contributed by atoms with Crippen LogP contribution in [0.5, 0.6) is 17.2 Å². The normalized spacial score (nSPS) is 26.0. The predicted octanol–water partition coefficient (Wildman–Crippen LogP) is -3.59. The van der Waals surface area contributed by atoms with Crippen LogP contribution in [0, 0.1) is 11.8 Å². The van der Waals surface area contributed by atoms with Crippen molar-refractivity contribution in [3.05, 3.63) is 111 Å². The average molecular weight is 991 g/mol. The highest BCUT2D eigenvalue weighted by Gasteiger charge is 2.68. The number of ether oxygens (including phenoxy) is 3. The van der Waals surface area contributed by atoms with Gasteiger partial charge in [-0.2, -0.15) is 0 Å². The van der Waals surface area contributed by atoms with Crippen LogP contribution in [0.15, 0.2) is 76.7 Å². The summed E-state index contributed by atoms with van der Waals surface area (Å²) in [6, 6.07) is 2.43. The number of rotatable bonds is 18. The maximum atomic E-state index is 15.0. The molecule has 5 aliphatic rings. The summed E-state index contributed by atoms with van der Waals surface area (Å²) in [6.07, 6.45) is -0.780. The van der Waals surface area contributed by atoms with Crippen LogP contribution in [0.4, 0.5) is 0 Å².